The Labute approximate surface area is 154 Å². The van der Waals surface area contributed by atoms with E-state index in [0.29, 0.717) is 5.75 Å². The van der Waals surface area contributed by atoms with Gasteiger partial charge in [0.25, 0.3) is 5.91 Å². The summed E-state index contributed by atoms with van der Waals surface area (Å²) in [6.45, 7) is 9.18. The summed E-state index contributed by atoms with van der Waals surface area (Å²) < 4.78 is 5.73. The van der Waals surface area contributed by atoms with Crippen molar-refractivity contribution >= 4 is 11.8 Å². The van der Waals surface area contributed by atoms with E-state index in [-0.39, 0.29) is 5.91 Å². The molecule has 5 heteroatoms. The van der Waals surface area contributed by atoms with Crippen molar-refractivity contribution in [3.63, 3.8) is 0 Å². The summed E-state index contributed by atoms with van der Waals surface area (Å²) in [5.74, 6) is -0.0531. The normalized spacial score (nSPS) is 12.2. The molecule has 5 nitrogen and oxygen atoms in total. The van der Waals surface area contributed by atoms with Crippen molar-refractivity contribution < 1.29 is 14.3 Å². The van der Waals surface area contributed by atoms with Crippen molar-refractivity contribution in [2.75, 3.05) is 0 Å². The molecule has 26 heavy (non-hydrogen) atoms. The number of amides is 2. The Morgan fingerprint density at radius 3 is 2.27 bits per heavy atom. The van der Waals surface area contributed by atoms with Gasteiger partial charge in [0.15, 0.2) is 6.10 Å². The fraction of sp³-hybridized carbons (Fsp3) is 0.333. The number of aryl methyl sites for hydroxylation is 1. The van der Waals surface area contributed by atoms with Crippen LogP contribution < -0.4 is 15.6 Å². The quantitative estimate of drug-likeness (QED) is 0.810. The van der Waals surface area contributed by atoms with Gasteiger partial charge in [0.2, 0.25) is 5.91 Å². The molecule has 0 bridgehead atoms. The topological polar surface area (TPSA) is 67.4 Å². The number of carbonyl (C=O) groups excluding carboxylic acids is 2. The highest BCUT2D eigenvalue weighted by molar-refractivity contribution is 5.90. The minimum absolute atomic E-state index is 0.295. The lowest BCUT2D eigenvalue weighted by molar-refractivity contribution is -0.134. The van der Waals surface area contributed by atoms with E-state index in [1.165, 1.54) is 0 Å². The Bertz CT molecular complexity index is 785. The van der Waals surface area contributed by atoms with E-state index in [2.05, 4.69) is 10.9 Å². The van der Waals surface area contributed by atoms with Gasteiger partial charge in [-0.1, -0.05) is 42.5 Å². The van der Waals surface area contributed by atoms with Crippen LogP contribution in [0, 0.1) is 13.8 Å². The molecule has 0 aliphatic carbocycles. The molecule has 0 aromatic heterocycles. The summed E-state index contributed by atoms with van der Waals surface area (Å²) in [6, 6.07) is 15.1. The average Bonchev–Trinajstić information content (AvgIpc) is 2.63. The number of hydrogen-bond acceptors (Lipinski definition) is 3. The van der Waals surface area contributed by atoms with Crippen LogP contribution in [0.3, 0.4) is 0 Å². The number of nitrogens with one attached hydrogen (secondary N) is 2. The molecule has 2 rings (SSSR count). The van der Waals surface area contributed by atoms with E-state index in [1.807, 2.05) is 62.4 Å². The molecule has 2 aromatic rings. The van der Waals surface area contributed by atoms with Crippen LogP contribution in [0.1, 0.15) is 37.5 Å². The third kappa shape index (κ3) is 4.42. The predicted molar refractivity (Wildman–Crippen MR) is 102 cm³/mol. The largest absolute Gasteiger partial charge is 0.481 e. The van der Waals surface area contributed by atoms with Crippen LogP contribution in [0.2, 0.25) is 0 Å². The summed E-state index contributed by atoms with van der Waals surface area (Å²) in [5, 5.41) is 0. The number of rotatable bonds is 5. The first-order chi connectivity index (χ1) is 12.2. The molecule has 2 N–H and O–H groups in total. The first-order valence-electron chi connectivity index (χ1n) is 8.62. The lowest BCUT2D eigenvalue weighted by Crippen LogP contribution is -2.52. The molecular weight excluding hydrogens is 328 g/mol. The molecule has 0 spiro atoms. The lowest BCUT2D eigenvalue weighted by Gasteiger charge is -2.25. The SMILES string of the molecule is Cc1cccc(OC(C)C(=O)NNC(=O)C(C)(C)c2ccccc2)c1C. The van der Waals surface area contributed by atoms with Crippen molar-refractivity contribution in [2.45, 2.75) is 46.1 Å². The molecule has 1 atom stereocenters. The molecule has 0 radical (unpaired) electrons. The molecule has 0 aliphatic heterocycles. The van der Waals surface area contributed by atoms with Crippen LogP contribution in [-0.2, 0) is 15.0 Å². The van der Waals surface area contributed by atoms with E-state index in [9.17, 15) is 9.59 Å². The molecule has 0 fully saturated rings. The first kappa shape index (κ1) is 19.5. The van der Waals surface area contributed by atoms with Gasteiger partial charge >= 0.3 is 0 Å². The predicted octanol–water partition coefficient (Wildman–Crippen LogP) is 3.20. The number of carbonyl (C=O) groups is 2. The van der Waals surface area contributed by atoms with Gasteiger partial charge in [-0.15, -0.1) is 0 Å². The Balaban J connectivity index is 1.95. The molecule has 0 saturated carbocycles. The van der Waals surface area contributed by atoms with Crippen molar-refractivity contribution in [3.8, 4) is 5.75 Å². The highest BCUT2D eigenvalue weighted by Gasteiger charge is 2.30. The Hall–Kier alpha value is -2.82. The number of ether oxygens (including phenoxy) is 1. The Kier molecular flexibility index (Phi) is 6.03. The maximum atomic E-state index is 12.5. The fourth-order valence-corrected chi connectivity index (χ4v) is 2.46. The monoisotopic (exact) mass is 354 g/mol. The van der Waals surface area contributed by atoms with Crippen LogP contribution in [0.4, 0.5) is 0 Å². The number of hydrazine groups is 1. The van der Waals surface area contributed by atoms with Crippen LogP contribution in [0.25, 0.3) is 0 Å². The van der Waals surface area contributed by atoms with Gasteiger partial charge in [0.05, 0.1) is 5.41 Å². The lowest BCUT2D eigenvalue weighted by atomic mass is 9.84. The first-order valence-corrected chi connectivity index (χ1v) is 8.62. The zero-order valence-electron chi connectivity index (χ0n) is 15.9. The van der Waals surface area contributed by atoms with Crippen LogP contribution >= 0.6 is 0 Å². The third-order valence-electron chi connectivity index (χ3n) is 4.59. The van der Waals surface area contributed by atoms with Crippen LogP contribution in [0.5, 0.6) is 5.75 Å². The van der Waals surface area contributed by atoms with Crippen molar-refractivity contribution in [3.05, 3.63) is 65.2 Å². The maximum absolute atomic E-state index is 12.5. The number of hydrogen-bond donors (Lipinski definition) is 2. The summed E-state index contributed by atoms with van der Waals surface area (Å²) >= 11 is 0. The summed E-state index contributed by atoms with van der Waals surface area (Å²) in [5.41, 5.74) is 7.12. The molecule has 0 heterocycles. The number of benzene rings is 2. The molecular formula is C21H26N2O3. The van der Waals surface area contributed by atoms with Gasteiger partial charge in [-0.05, 0) is 57.4 Å². The van der Waals surface area contributed by atoms with E-state index in [4.69, 9.17) is 4.74 Å². The molecule has 2 aromatic carbocycles. The summed E-state index contributed by atoms with van der Waals surface area (Å²) in [4.78, 5) is 24.7. The molecule has 0 aliphatic rings. The van der Waals surface area contributed by atoms with Gasteiger partial charge in [0.1, 0.15) is 5.75 Å². The van der Waals surface area contributed by atoms with Crippen LogP contribution in [0.15, 0.2) is 48.5 Å². The average molecular weight is 354 g/mol. The van der Waals surface area contributed by atoms with Gasteiger partial charge in [-0.2, -0.15) is 0 Å². The minimum Gasteiger partial charge on any atom is -0.481 e. The molecule has 138 valence electrons. The van der Waals surface area contributed by atoms with E-state index >= 15 is 0 Å². The van der Waals surface area contributed by atoms with E-state index in [1.54, 1.807) is 20.8 Å². The van der Waals surface area contributed by atoms with E-state index in [0.717, 1.165) is 16.7 Å². The molecule has 2 amide bonds. The molecule has 1 unspecified atom stereocenters. The highest BCUT2D eigenvalue weighted by Crippen LogP contribution is 2.23. The Morgan fingerprint density at radius 1 is 0.962 bits per heavy atom. The highest BCUT2D eigenvalue weighted by atomic mass is 16.5. The minimum atomic E-state index is -0.772. The second-order valence-corrected chi connectivity index (χ2v) is 6.89. The van der Waals surface area contributed by atoms with Gasteiger partial charge in [-0.3, -0.25) is 20.4 Å². The Morgan fingerprint density at radius 2 is 1.62 bits per heavy atom. The van der Waals surface area contributed by atoms with E-state index < -0.39 is 17.4 Å². The van der Waals surface area contributed by atoms with Crippen LogP contribution in [-0.4, -0.2) is 17.9 Å². The van der Waals surface area contributed by atoms with Crippen molar-refractivity contribution in [2.24, 2.45) is 0 Å². The maximum Gasteiger partial charge on any atom is 0.279 e. The zero-order valence-corrected chi connectivity index (χ0v) is 15.9. The van der Waals surface area contributed by atoms with Crippen molar-refractivity contribution in [1.29, 1.82) is 0 Å². The second kappa shape index (κ2) is 8.04. The summed E-state index contributed by atoms with van der Waals surface area (Å²) in [6.07, 6.45) is -0.740. The van der Waals surface area contributed by atoms with Gasteiger partial charge < -0.3 is 4.74 Å². The van der Waals surface area contributed by atoms with Crippen molar-refractivity contribution in [1.82, 2.24) is 10.9 Å². The fourth-order valence-electron chi connectivity index (χ4n) is 2.46. The summed E-state index contributed by atoms with van der Waals surface area (Å²) in [7, 11) is 0. The third-order valence-corrected chi connectivity index (χ3v) is 4.59. The standard InChI is InChI=1S/C21H26N2O3/c1-14-10-9-13-18(15(14)2)26-16(3)19(24)22-23-20(25)21(4,5)17-11-7-6-8-12-17/h6-13,16H,1-5H3,(H,22,24)(H,23,25). The smallest absolute Gasteiger partial charge is 0.279 e. The van der Waals surface area contributed by atoms with Gasteiger partial charge in [0, 0.05) is 0 Å². The second-order valence-electron chi connectivity index (χ2n) is 6.89. The molecule has 0 saturated heterocycles. The zero-order chi connectivity index (χ0) is 19.3. The van der Waals surface area contributed by atoms with Gasteiger partial charge in [-0.25, -0.2) is 0 Å².